The van der Waals surface area contributed by atoms with E-state index in [1.54, 1.807) is 12.5 Å². The van der Waals surface area contributed by atoms with Crippen LogP contribution in [0.2, 0.25) is 0 Å². The van der Waals surface area contributed by atoms with Crippen molar-refractivity contribution in [1.82, 2.24) is 9.97 Å². The van der Waals surface area contributed by atoms with E-state index in [4.69, 9.17) is 9.15 Å². The van der Waals surface area contributed by atoms with E-state index in [0.29, 0.717) is 0 Å². The zero-order valence-electron chi connectivity index (χ0n) is 13.4. The fourth-order valence-corrected chi connectivity index (χ4v) is 2.55. The lowest BCUT2D eigenvalue weighted by atomic mass is 10.0. The van der Waals surface area contributed by atoms with Gasteiger partial charge in [0.15, 0.2) is 0 Å². The Morgan fingerprint density at radius 2 is 2.17 bits per heavy atom. The minimum absolute atomic E-state index is 0.750. The van der Waals surface area contributed by atoms with Crippen LogP contribution in [0.5, 0.6) is 5.75 Å². The Kier molecular flexibility index (Phi) is 5.14. The molecular weight excluding hydrogens is 288 g/mol. The molecule has 0 saturated heterocycles. The van der Waals surface area contributed by atoms with Crippen molar-refractivity contribution in [2.24, 2.45) is 0 Å². The monoisotopic (exact) mass is 310 g/mol. The topological polar surface area (TPSA) is 51.0 Å². The quantitative estimate of drug-likeness (QED) is 0.617. The summed E-state index contributed by atoms with van der Waals surface area (Å²) in [5.41, 5.74) is 2.33. The molecule has 2 heterocycles. The van der Waals surface area contributed by atoms with E-state index in [1.807, 2.05) is 24.4 Å². The lowest BCUT2D eigenvalue weighted by Crippen LogP contribution is -1.99. The van der Waals surface area contributed by atoms with Crippen LogP contribution in [0.4, 0.5) is 0 Å². The van der Waals surface area contributed by atoms with Crippen molar-refractivity contribution in [1.29, 1.82) is 0 Å². The fraction of sp³-hybridized carbons (Fsp3) is 0.316. The second-order valence-corrected chi connectivity index (χ2v) is 5.53. The molecule has 1 aromatic carbocycles. The molecule has 0 spiro atoms. The summed E-state index contributed by atoms with van der Waals surface area (Å²) in [6.07, 6.45) is 9.31. The molecule has 0 atom stereocenters. The van der Waals surface area contributed by atoms with E-state index in [9.17, 15) is 0 Å². The van der Waals surface area contributed by atoms with Crippen LogP contribution in [0.15, 0.2) is 53.4 Å². The molecule has 0 aliphatic heterocycles. The van der Waals surface area contributed by atoms with E-state index in [2.05, 4.69) is 29.0 Å². The summed E-state index contributed by atoms with van der Waals surface area (Å²) in [6, 6.07) is 10.1. The Balaban J connectivity index is 1.79. The standard InChI is InChI=1S/C19H22N2O2/c1-2-3-12-22-16-8-6-15(7-9-19-20-10-11-21-19)17(14-16)18-5-4-13-23-18/h4-6,8,10-11,13-14H,2-3,7,9,12H2,1H3,(H,20,21). The normalized spacial score (nSPS) is 10.8. The molecular formula is C19H22N2O2. The van der Waals surface area contributed by atoms with Gasteiger partial charge in [-0.2, -0.15) is 0 Å². The third-order valence-corrected chi connectivity index (χ3v) is 3.82. The first-order chi connectivity index (χ1) is 11.4. The van der Waals surface area contributed by atoms with Crippen LogP contribution in [-0.4, -0.2) is 16.6 Å². The molecule has 0 bridgehead atoms. The van der Waals surface area contributed by atoms with Gasteiger partial charge in [0, 0.05) is 24.4 Å². The average Bonchev–Trinajstić information content (AvgIpc) is 3.27. The fourth-order valence-electron chi connectivity index (χ4n) is 2.55. The highest BCUT2D eigenvalue weighted by molar-refractivity contribution is 5.64. The molecule has 4 heteroatoms. The molecule has 2 aromatic heterocycles. The van der Waals surface area contributed by atoms with Crippen molar-refractivity contribution in [3.05, 3.63) is 60.4 Å². The minimum Gasteiger partial charge on any atom is -0.494 e. The second-order valence-electron chi connectivity index (χ2n) is 5.53. The highest BCUT2D eigenvalue weighted by Gasteiger charge is 2.10. The number of hydrogen-bond donors (Lipinski definition) is 1. The van der Waals surface area contributed by atoms with Crippen LogP contribution in [0.25, 0.3) is 11.3 Å². The molecule has 1 N–H and O–H groups in total. The number of aromatic nitrogens is 2. The zero-order valence-corrected chi connectivity index (χ0v) is 13.4. The summed E-state index contributed by atoms with van der Waals surface area (Å²) >= 11 is 0. The number of unbranched alkanes of at least 4 members (excludes halogenated alkanes) is 1. The Morgan fingerprint density at radius 1 is 1.22 bits per heavy atom. The largest absolute Gasteiger partial charge is 0.494 e. The summed E-state index contributed by atoms with van der Waals surface area (Å²) in [6.45, 7) is 2.91. The summed E-state index contributed by atoms with van der Waals surface area (Å²) in [7, 11) is 0. The van der Waals surface area contributed by atoms with Gasteiger partial charge in [-0.1, -0.05) is 19.4 Å². The molecule has 0 aliphatic rings. The Bertz CT molecular complexity index is 703. The van der Waals surface area contributed by atoms with Crippen molar-refractivity contribution in [3.63, 3.8) is 0 Å². The smallest absolute Gasteiger partial charge is 0.134 e. The maximum absolute atomic E-state index is 5.83. The van der Waals surface area contributed by atoms with Gasteiger partial charge in [0.25, 0.3) is 0 Å². The first-order valence-electron chi connectivity index (χ1n) is 8.14. The lowest BCUT2D eigenvalue weighted by molar-refractivity contribution is 0.309. The van der Waals surface area contributed by atoms with Gasteiger partial charge in [-0.15, -0.1) is 0 Å². The summed E-state index contributed by atoms with van der Waals surface area (Å²) < 4.78 is 11.4. The molecule has 0 aliphatic carbocycles. The van der Waals surface area contributed by atoms with Gasteiger partial charge in [-0.05, 0) is 42.7 Å². The molecule has 0 fully saturated rings. The molecule has 0 radical (unpaired) electrons. The minimum atomic E-state index is 0.750. The zero-order chi connectivity index (χ0) is 15.9. The first kappa shape index (κ1) is 15.4. The van der Waals surface area contributed by atoms with E-state index >= 15 is 0 Å². The number of rotatable bonds is 8. The van der Waals surface area contributed by atoms with Gasteiger partial charge in [-0.25, -0.2) is 4.98 Å². The average molecular weight is 310 g/mol. The molecule has 120 valence electrons. The van der Waals surface area contributed by atoms with Gasteiger partial charge >= 0.3 is 0 Å². The van der Waals surface area contributed by atoms with Gasteiger partial charge in [0.1, 0.15) is 17.3 Å². The highest BCUT2D eigenvalue weighted by atomic mass is 16.5. The highest BCUT2D eigenvalue weighted by Crippen LogP contribution is 2.29. The number of nitrogens with one attached hydrogen (secondary N) is 1. The summed E-state index contributed by atoms with van der Waals surface area (Å²) in [4.78, 5) is 7.44. The molecule has 3 rings (SSSR count). The van der Waals surface area contributed by atoms with Gasteiger partial charge < -0.3 is 14.1 Å². The molecule has 4 nitrogen and oxygen atoms in total. The van der Waals surface area contributed by atoms with Crippen LogP contribution in [0.3, 0.4) is 0 Å². The van der Waals surface area contributed by atoms with Crippen LogP contribution in [-0.2, 0) is 12.8 Å². The number of furan rings is 1. The summed E-state index contributed by atoms with van der Waals surface area (Å²) in [5.74, 6) is 2.77. The number of benzene rings is 1. The van der Waals surface area contributed by atoms with Crippen molar-refractivity contribution >= 4 is 0 Å². The molecule has 23 heavy (non-hydrogen) atoms. The van der Waals surface area contributed by atoms with Gasteiger partial charge in [0.05, 0.1) is 12.9 Å². The van der Waals surface area contributed by atoms with E-state index in [0.717, 1.165) is 55.2 Å². The van der Waals surface area contributed by atoms with Crippen LogP contribution in [0.1, 0.15) is 31.2 Å². The number of nitrogens with zero attached hydrogens (tertiary/aromatic N) is 1. The van der Waals surface area contributed by atoms with E-state index < -0.39 is 0 Å². The third-order valence-electron chi connectivity index (χ3n) is 3.82. The predicted octanol–water partition coefficient (Wildman–Crippen LogP) is 4.63. The maximum atomic E-state index is 5.83. The SMILES string of the molecule is CCCCOc1ccc(CCc2ncc[nH]2)c(-c2ccco2)c1. The first-order valence-corrected chi connectivity index (χ1v) is 8.14. The lowest BCUT2D eigenvalue weighted by Gasteiger charge is -2.11. The number of H-pyrrole nitrogens is 1. The molecule has 3 aromatic rings. The Morgan fingerprint density at radius 3 is 2.91 bits per heavy atom. The number of imidazole rings is 1. The van der Waals surface area contributed by atoms with Crippen molar-refractivity contribution in [2.75, 3.05) is 6.61 Å². The Labute approximate surface area is 136 Å². The molecule has 0 unspecified atom stereocenters. The van der Waals surface area contributed by atoms with E-state index in [-0.39, 0.29) is 0 Å². The molecule has 0 saturated carbocycles. The number of aromatic amines is 1. The van der Waals surface area contributed by atoms with E-state index in [1.165, 1.54) is 5.56 Å². The number of ether oxygens (including phenoxy) is 1. The second kappa shape index (κ2) is 7.68. The van der Waals surface area contributed by atoms with Crippen molar-refractivity contribution in [2.45, 2.75) is 32.6 Å². The van der Waals surface area contributed by atoms with Crippen LogP contribution >= 0.6 is 0 Å². The van der Waals surface area contributed by atoms with Gasteiger partial charge in [0.2, 0.25) is 0 Å². The Hall–Kier alpha value is -2.49. The predicted molar refractivity (Wildman–Crippen MR) is 90.5 cm³/mol. The van der Waals surface area contributed by atoms with Crippen LogP contribution < -0.4 is 4.74 Å². The third kappa shape index (κ3) is 4.03. The maximum Gasteiger partial charge on any atom is 0.134 e. The molecule has 0 amide bonds. The number of aryl methyl sites for hydroxylation is 2. The van der Waals surface area contributed by atoms with Crippen molar-refractivity contribution < 1.29 is 9.15 Å². The van der Waals surface area contributed by atoms with Gasteiger partial charge in [-0.3, -0.25) is 0 Å². The summed E-state index contributed by atoms with van der Waals surface area (Å²) in [5, 5.41) is 0. The van der Waals surface area contributed by atoms with Crippen molar-refractivity contribution in [3.8, 4) is 17.1 Å². The van der Waals surface area contributed by atoms with Crippen LogP contribution in [0, 0.1) is 0 Å². The number of hydrogen-bond acceptors (Lipinski definition) is 3.